The average Bonchev–Trinajstić information content (AvgIpc) is 1.97. The Bertz CT molecular complexity index is 316. The normalized spacial score (nSPS) is 10.1. The van der Waals surface area contributed by atoms with Crippen LogP contribution in [0.5, 0.6) is 0 Å². The van der Waals surface area contributed by atoms with E-state index in [0.29, 0.717) is 12.1 Å². The van der Waals surface area contributed by atoms with Crippen molar-refractivity contribution in [2.45, 2.75) is 20.4 Å². The summed E-state index contributed by atoms with van der Waals surface area (Å²) in [6, 6.07) is 1.30. The zero-order valence-electron chi connectivity index (χ0n) is 6.60. The van der Waals surface area contributed by atoms with E-state index in [1.54, 1.807) is 13.8 Å². The van der Waals surface area contributed by atoms with Gasteiger partial charge < -0.3 is 4.57 Å². The van der Waals surface area contributed by atoms with Crippen molar-refractivity contribution in [2.24, 2.45) is 0 Å². The maximum absolute atomic E-state index is 12.8. The summed E-state index contributed by atoms with van der Waals surface area (Å²) in [6.07, 6.45) is 1.23. The van der Waals surface area contributed by atoms with E-state index in [9.17, 15) is 9.18 Å². The van der Waals surface area contributed by atoms with Gasteiger partial charge in [0.1, 0.15) is 5.82 Å². The maximum Gasteiger partial charge on any atom is 0.250 e. The predicted octanol–water partition coefficient (Wildman–Crippen LogP) is 1.32. The van der Waals surface area contributed by atoms with Gasteiger partial charge in [0.2, 0.25) is 0 Å². The lowest BCUT2D eigenvalue weighted by Gasteiger charge is -2.01. The molecule has 1 aromatic heterocycles. The van der Waals surface area contributed by atoms with E-state index >= 15 is 0 Å². The van der Waals surface area contributed by atoms with Crippen LogP contribution in [0.15, 0.2) is 17.1 Å². The van der Waals surface area contributed by atoms with Crippen LogP contribution in [-0.4, -0.2) is 4.57 Å². The third kappa shape index (κ3) is 1.48. The van der Waals surface area contributed by atoms with Gasteiger partial charge in [-0.2, -0.15) is 0 Å². The van der Waals surface area contributed by atoms with E-state index < -0.39 is 0 Å². The van der Waals surface area contributed by atoms with E-state index in [1.165, 1.54) is 16.8 Å². The number of halogens is 1. The van der Waals surface area contributed by atoms with Crippen LogP contribution in [-0.2, 0) is 6.54 Å². The van der Waals surface area contributed by atoms with Gasteiger partial charge in [0, 0.05) is 18.8 Å². The van der Waals surface area contributed by atoms with E-state index in [2.05, 4.69) is 0 Å². The Morgan fingerprint density at radius 1 is 1.64 bits per heavy atom. The zero-order chi connectivity index (χ0) is 8.43. The number of aryl methyl sites for hydroxylation is 2. The SMILES string of the molecule is CCn1cc(F)c(C)cc1=O. The molecule has 0 aliphatic carbocycles. The van der Waals surface area contributed by atoms with Crippen molar-refractivity contribution in [3.63, 3.8) is 0 Å². The molecule has 0 bridgehead atoms. The number of nitrogens with zero attached hydrogens (tertiary/aromatic N) is 1. The van der Waals surface area contributed by atoms with Gasteiger partial charge in [-0.15, -0.1) is 0 Å². The van der Waals surface area contributed by atoms with Gasteiger partial charge in [0.05, 0.1) is 0 Å². The zero-order valence-corrected chi connectivity index (χ0v) is 6.60. The van der Waals surface area contributed by atoms with Gasteiger partial charge in [-0.25, -0.2) is 4.39 Å². The number of hydrogen-bond donors (Lipinski definition) is 0. The van der Waals surface area contributed by atoms with Crippen LogP contribution in [0.1, 0.15) is 12.5 Å². The first kappa shape index (κ1) is 7.98. The number of pyridine rings is 1. The van der Waals surface area contributed by atoms with Gasteiger partial charge in [0.25, 0.3) is 5.56 Å². The summed E-state index contributed by atoms with van der Waals surface area (Å²) in [5.41, 5.74) is 0.256. The minimum atomic E-state index is -0.327. The fourth-order valence-corrected chi connectivity index (χ4v) is 0.886. The van der Waals surface area contributed by atoms with Crippen molar-refractivity contribution in [1.82, 2.24) is 4.57 Å². The van der Waals surface area contributed by atoms with Crippen molar-refractivity contribution < 1.29 is 4.39 Å². The highest BCUT2D eigenvalue weighted by Crippen LogP contribution is 1.99. The molecule has 0 fully saturated rings. The number of hydrogen-bond acceptors (Lipinski definition) is 1. The molecule has 0 amide bonds. The lowest BCUT2D eigenvalue weighted by molar-refractivity contribution is 0.582. The Morgan fingerprint density at radius 3 is 2.82 bits per heavy atom. The van der Waals surface area contributed by atoms with Crippen LogP contribution in [0.4, 0.5) is 4.39 Å². The molecule has 0 atom stereocenters. The third-order valence-corrected chi connectivity index (χ3v) is 1.61. The van der Waals surface area contributed by atoms with Gasteiger partial charge in [-0.3, -0.25) is 4.79 Å². The first-order chi connectivity index (χ1) is 5.15. The minimum absolute atomic E-state index is 0.147. The van der Waals surface area contributed by atoms with Crippen LogP contribution in [0.3, 0.4) is 0 Å². The maximum atomic E-state index is 12.8. The number of rotatable bonds is 1. The molecule has 0 aromatic carbocycles. The molecule has 0 unspecified atom stereocenters. The minimum Gasteiger partial charge on any atom is -0.313 e. The third-order valence-electron chi connectivity index (χ3n) is 1.61. The largest absolute Gasteiger partial charge is 0.313 e. The van der Waals surface area contributed by atoms with E-state index in [0.717, 1.165) is 0 Å². The van der Waals surface area contributed by atoms with Crippen molar-refractivity contribution in [3.05, 3.63) is 34.0 Å². The van der Waals surface area contributed by atoms with Crippen LogP contribution in [0.25, 0.3) is 0 Å². The molecule has 1 rings (SSSR count). The summed E-state index contributed by atoms with van der Waals surface area (Å²) in [7, 11) is 0. The topological polar surface area (TPSA) is 22.0 Å². The second-order valence-corrected chi connectivity index (χ2v) is 2.43. The average molecular weight is 155 g/mol. The Kier molecular flexibility index (Phi) is 2.08. The van der Waals surface area contributed by atoms with E-state index in [-0.39, 0.29) is 11.4 Å². The molecule has 60 valence electrons. The lowest BCUT2D eigenvalue weighted by atomic mass is 10.3. The lowest BCUT2D eigenvalue weighted by Crippen LogP contribution is -2.18. The summed E-state index contributed by atoms with van der Waals surface area (Å²) in [6.45, 7) is 3.89. The first-order valence-electron chi connectivity index (χ1n) is 3.51. The molecular formula is C8H10FNO. The first-order valence-corrected chi connectivity index (χ1v) is 3.51. The summed E-state index contributed by atoms with van der Waals surface area (Å²) in [5.74, 6) is -0.327. The number of aromatic nitrogens is 1. The summed E-state index contributed by atoms with van der Waals surface area (Å²) >= 11 is 0. The molecule has 11 heavy (non-hydrogen) atoms. The van der Waals surface area contributed by atoms with Crippen LogP contribution in [0.2, 0.25) is 0 Å². The van der Waals surface area contributed by atoms with Crippen LogP contribution < -0.4 is 5.56 Å². The summed E-state index contributed by atoms with van der Waals surface area (Å²) in [4.78, 5) is 11.0. The van der Waals surface area contributed by atoms with Crippen molar-refractivity contribution >= 4 is 0 Å². The fraction of sp³-hybridized carbons (Fsp3) is 0.375. The molecule has 2 nitrogen and oxygen atoms in total. The van der Waals surface area contributed by atoms with Crippen LogP contribution >= 0.6 is 0 Å². The molecule has 3 heteroatoms. The molecule has 0 saturated carbocycles. The molecule has 0 N–H and O–H groups in total. The highest BCUT2D eigenvalue weighted by molar-refractivity contribution is 5.10. The fourth-order valence-electron chi connectivity index (χ4n) is 0.886. The van der Waals surface area contributed by atoms with Crippen molar-refractivity contribution in [2.75, 3.05) is 0 Å². The monoisotopic (exact) mass is 155 g/mol. The molecule has 0 aliphatic rings. The second kappa shape index (κ2) is 2.86. The van der Waals surface area contributed by atoms with Gasteiger partial charge in [-0.05, 0) is 19.4 Å². The molecule has 0 radical (unpaired) electrons. The Morgan fingerprint density at radius 2 is 2.27 bits per heavy atom. The standard InChI is InChI=1S/C8H10FNO/c1-3-10-5-7(9)6(2)4-8(10)11/h4-5H,3H2,1-2H3. The van der Waals surface area contributed by atoms with Gasteiger partial charge >= 0.3 is 0 Å². The van der Waals surface area contributed by atoms with Gasteiger partial charge in [-0.1, -0.05) is 0 Å². The highest BCUT2D eigenvalue weighted by Gasteiger charge is 1.99. The van der Waals surface area contributed by atoms with Crippen molar-refractivity contribution in [1.29, 1.82) is 0 Å². The van der Waals surface area contributed by atoms with E-state index in [1.807, 2.05) is 0 Å². The highest BCUT2D eigenvalue weighted by atomic mass is 19.1. The molecule has 0 aliphatic heterocycles. The Labute approximate surface area is 64.3 Å². The molecule has 0 spiro atoms. The van der Waals surface area contributed by atoms with Crippen LogP contribution in [0, 0.1) is 12.7 Å². The Hall–Kier alpha value is -1.12. The smallest absolute Gasteiger partial charge is 0.250 e. The summed E-state index contributed by atoms with van der Waals surface area (Å²) < 4.78 is 14.1. The summed E-state index contributed by atoms with van der Waals surface area (Å²) in [5, 5.41) is 0. The quantitative estimate of drug-likeness (QED) is 0.599. The van der Waals surface area contributed by atoms with E-state index in [4.69, 9.17) is 0 Å². The predicted molar refractivity (Wildman–Crippen MR) is 41.1 cm³/mol. The molecule has 1 heterocycles. The Balaban J connectivity index is 3.32. The van der Waals surface area contributed by atoms with Gasteiger partial charge in [0.15, 0.2) is 0 Å². The second-order valence-electron chi connectivity index (χ2n) is 2.43. The van der Waals surface area contributed by atoms with Crippen molar-refractivity contribution in [3.8, 4) is 0 Å². The molecule has 1 aromatic rings. The molecular weight excluding hydrogens is 145 g/mol. The molecule has 0 saturated heterocycles.